The van der Waals surface area contributed by atoms with E-state index in [0.29, 0.717) is 12.1 Å². The molecule has 0 saturated carbocycles. The smallest absolute Gasteiger partial charge is 0.254 e. The summed E-state index contributed by atoms with van der Waals surface area (Å²) in [5.74, 6) is 0.0254. The number of carbonyl (C=O) groups excluding carboxylic acids is 1. The average molecular weight is 321 g/mol. The number of benzene rings is 1. The highest BCUT2D eigenvalue weighted by atomic mass is 32.2. The van der Waals surface area contributed by atoms with Gasteiger partial charge in [0.25, 0.3) is 5.91 Å². The molecule has 1 fully saturated rings. The zero-order valence-corrected chi connectivity index (χ0v) is 14.0. The third-order valence-electron chi connectivity index (χ3n) is 5.21. The fourth-order valence-corrected chi connectivity index (χ4v) is 5.06. The lowest BCUT2D eigenvalue weighted by atomic mass is 9.90. The Balaban J connectivity index is 1.85. The van der Waals surface area contributed by atoms with Crippen LogP contribution in [0.1, 0.15) is 48.2 Å². The number of hydrogen-bond donors (Lipinski definition) is 0. The monoisotopic (exact) mass is 321 g/mol. The molecule has 120 valence electrons. The maximum absolute atomic E-state index is 12.8. The van der Waals surface area contributed by atoms with Crippen LogP contribution in [-0.2, 0) is 22.7 Å². The van der Waals surface area contributed by atoms with Crippen molar-refractivity contribution in [3.05, 3.63) is 34.9 Å². The molecular formula is C17H23NO3S. The van der Waals surface area contributed by atoms with Crippen molar-refractivity contribution in [2.24, 2.45) is 0 Å². The summed E-state index contributed by atoms with van der Waals surface area (Å²) in [5.41, 5.74) is 3.33. The molecule has 1 amide bonds. The zero-order chi connectivity index (χ0) is 15.9. The number of fused-ring (bicyclic) bond motifs is 1. The Kier molecular flexibility index (Phi) is 4.02. The van der Waals surface area contributed by atoms with E-state index in [1.165, 1.54) is 24.0 Å². The summed E-state index contributed by atoms with van der Waals surface area (Å²) >= 11 is 0. The lowest BCUT2D eigenvalue weighted by molar-refractivity contribution is 0.0693. The van der Waals surface area contributed by atoms with E-state index in [4.69, 9.17) is 0 Å². The van der Waals surface area contributed by atoms with Crippen molar-refractivity contribution in [1.82, 2.24) is 4.90 Å². The van der Waals surface area contributed by atoms with Crippen LogP contribution in [0.3, 0.4) is 0 Å². The quantitative estimate of drug-likeness (QED) is 0.797. The summed E-state index contributed by atoms with van der Waals surface area (Å²) in [7, 11) is -3.07. The summed E-state index contributed by atoms with van der Waals surface area (Å²) in [6.45, 7) is 3.83. The number of carbonyl (C=O) groups is 1. The van der Waals surface area contributed by atoms with Crippen molar-refractivity contribution in [1.29, 1.82) is 0 Å². The Bertz CT molecular complexity index is 696. The molecule has 0 N–H and O–H groups in total. The van der Waals surface area contributed by atoms with E-state index in [1.54, 1.807) is 11.8 Å². The molecule has 0 bridgehead atoms. The summed E-state index contributed by atoms with van der Waals surface area (Å²) < 4.78 is 23.9. The summed E-state index contributed by atoms with van der Waals surface area (Å²) in [5, 5.41) is -0.497. The highest BCUT2D eigenvalue weighted by Gasteiger charge is 2.38. The minimum absolute atomic E-state index is 0.0392. The molecule has 1 aromatic rings. The molecule has 3 rings (SSSR count). The van der Waals surface area contributed by atoms with E-state index < -0.39 is 15.1 Å². The number of amides is 1. The summed E-state index contributed by atoms with van der Waals surface area (Å²) in [4.78, 5) is 14.5. The topological polar surface area (TPSA) is 54.5 Å². The first-order valence-electron chi connectivity index (χ1n) is 8.04. The Labute approximate surface area is 132 Å². The van der Waals surface area contributed by atoms with Gasteiger partial charge in [-0.05, 0) is 62.8 Å². The predicted molar refractivity (Wildman–Crippen MR) is 86.8 cm³/mol. The Hall–Kier alpha value is -1.36. The average Bonchev–Trinajstić information content (AvgIpc) is 2.52. The van der Waals surface area contributed by atoms with Gasteiger partial charge < -0.3 is 4.90 Å². The second-order valence-electron chi connectivity index (χ2n) is 6.50. The second kappa shape index (κ2) is 5.69. The van der Waals surface area contributed by atoms with Gasteiger partial charge in [0.05, 0.1) is 11.0 Å². The third-order valence-corrected chi connectivity index (χ3v) is 7.49. The Morgan fingerprint density at radius 2 is 1.82 bits per heavy atom. The van der Waals surface area contributed by atoms with E-state index >= 15 is 0 Å². The van der Waals surface area contributed by atoms with Gasteiger partial charge in [-0.2, -0.15) is 0 Å². The fourth-order valence-electron chi connectivity index (χ4n) is 3.49. The normalized spacial score (nSPS) is 27.3. The first kappa shape index (κ1) is 15.5. The van der Waals surface area contributed by atoms with Crippen LogP contribution in [0, 0.1) is 0 Å². The van der Waals surface area contributed by atoms with Gasteiger partial charge in [0, 0.05) is 18.2 Å². The molecule has 1 aliphatic heterocycles. The molecule has 0 radical (unpaired) electrons. The van der Waals surface area contributed by atoms with E-state index in [9.17, 15) is 13.2 Å². The SMILES string of the molecule is C[C@@H]1[C@H](C)N(C(=O)c2ccc3c(c2)CCCC3)CCS1(=O)=O. The lowest BCUT2D eigenvalue weighted by Crippen LogP contribution is -2.54. The first-order chi connectivity index (χ1) is 10.4. The van der Waals surface area contributed by atoms with E-state index in [0.717, 1.165) is 12.8 Å². The molecule has 1 heterocycles. The number of hydrogen-bond acceptors (Lipinski definition) is 3. The largest absolute Gasteiger partial charge is 0.334 e. The fraction of sp³-hybridized carbons (Fsp3) is 0.588. The lowest BCUT2D eigenvalue weighted by Gasteiger charge is -2.37. The van der Waals surface area contributed by atoms with Gasteiger partial charge in [-0.3, -0.25) is 4.79 Å². The molecule has 22 heavy (non-hydrogen) atoms. The van der Waals surface area contributed by atoms with Crippen molar-refractivity contribution in [2.45, 2.75) is 50.8 Å². The molecule has 1 aromatic carbocycles. The van der Waals surface area contributed by atoms with Gasteiger partial charge in [0.2, 0.25) is 0 Å². The van der Waals surface area contributed by atoms with E-state index in [1.807, 2.05) is 19.1 Å². The number of nitrogens with zero attached hydrogens (tertiary/aromatic N) is 1. The second-order valence-corrected chi connectivity index (χ2v) is 8.98. The maximum Gasteiger partial charge on any atom is 0.254 e. The zero-order valence-electron chi connectivity index (χ0n) is 13.2. The van der Waals surface area contributed by atoms with Crippen LogP contribution in [0.15, 0.2) is 18.2 Å². The van der Waals surface area contributed by atoms with E-state index in [2.05, 4.69) is 6.07 Å². The van der Waals surface area contributed by atoms with Crippen LogP contribution >= 0.6 is 0 Å². The number of sulfone groups is 1. The molecule has 0 spiro atoms. The molecule has 0 unspecified atom stereocenters. The van der Waals surface area contributed by atoms with Crippen molar-refractivity contribution >= 4 is 15.7 Å². The summed E-state index contributed by atoms with van der Waals surface area (Å²) in [6, 6.07) is 5.70. The highest BCUT2D eigenvalue weighted by molar-refractivity contribution is 7.92. The van der Waals surface area contributed by atoms with Crippen LogP contribution in [-0.4, -0.2) is 42.8 Å². The summed E-state index contributed by atoms with van der Waals surface area (Å²) in [6.07, 6.45) is 4.54. The third kappa shape index (κ3) is 2.67. The molecule has 4 nitrogen and oxygen atoms in total. The van der Waals surface area contributed by atoms with E-state index in [-0.39, 0.29) is 17.7 Å². The Morgan fingerprint density at radius 1 is 1.14 bits per heavy atom. The predicted octanol–water partition coefficient (Wildman–Crippen LogP) is 2.21. The van der Waals surface area contributed by atoms with Crippen LogP contribution in [0.25, 0.3) is 0 Å². The van der Waals surface area contributed by atoms with Gasteiger partial charge in [-0.25, -0.2) is 8.42 Å². The molecule has 1 aliphatic carbocycles. The number of aryl methyl sites for hydroxylation is 2. The van der Waals surface area contributed by atoms with Gasteiger partial charge in [-0.1, -0.05) is 6.07 Å². The van der Waals surface area contributed by atoms with Crippen molar-refractivity contribution < 1.29 is 13.2 Å². The van der Waals surface area contributed by atoms with Gasteiger partial charge in [0.1, 0.15) is 0 Å². The number of rotatable bonds is 1. The van der Waals surface area contributed by atoms with Crippen molar-refractivity contribution in [3.8, 4) is 0 Å². The van der Waals surface area contributed by atoms with Crippen LogP contribution in [0.2, 0.25) is 0 Å². The Morgan fingerprint density at radius 3 is 2.55 bits per heavy atom. The van der Waals surface area contributed by atoms with Crippen molar-refractivity contribution in [2.75, 3.05) is 12.3 Å². The van der Waals surface area contributed by atoms with Crippen LogP contribution in [0.5, 0.6) is 0 Å². The van der Waals surface area contributed by atoms with Crippen LogP contribution in [0.4, 0.5) is 0 Å². The molecular weight excluding hydrogens is 298 g/mol. The standard InChI is InChI=1S/C17H23NO3S/c1-12-13(2)22(20,21)10-9-18(12)17(19)16-8-7-14-5-3-4-6-15(14)11-16/h7-8,11-13H,3-6,9-10H2,1-2H3/t12-,13+/m0/s1. The molecule has 2 atom stereocenters. The molecule has 1 saturated heterocycles. The molecule has 0 aromatic heterocycles. The minimum atomic E-state index is -3.07. The van der Waals surface area contributed by atoms with Gasteiger partial charge in [0.15, 0.2) is 9.84 Å². The van der Waals surface area contributed by atoms with Gasteiger partial charge >= 0.3 is 0 Å². The molecule has 5 heteroatoms. The van der Waals surface area contributed by atoms with Crippen LogP contribution < -0.4 is 0 Å². The van der Waals surface area contributed by atoms with Gasteiger partial charge in [-0.15, -0.1) is 0 Å². The minimum Gasteiger partial charge on any atom is -0.334 e. The van der Waals surface area contributed by atoms with Crippen molar-refractivity contribution in [3.63, 3.8) is 0 Å². The highest BCUT2D eigenvalue weighted by Crippen LogP contribution is 2.25. The molecule has 2 aliphatic rings. The first-order valence-corrected chi connectivity index (χ1v) is 9.76. The maximum atomic E-state index is 12.8.